The zero-order valence-electron chi connectivity index (χ0n) is 12.6. The number of hydrogen-bond donors (Lipinski definition) is 1. The van der Waals surface area contributed by atoms with Gasteiger partial charge in [-0.1, -0.05) is 42.5 Å². The highest BCUT2D eigenvalue weighted by molar-refractivity contribution is 5.73. The van der Waals surface area contributed by atoms with Crippen LogP contribution in [-0.4, -0.2) is 7.11 Å². The molecule has 0 aliphatic heterocycles. The molecule has 21 heavy (non-hydrogen) atoms. The van der Waals surface area contributed by atoms with Gasteiger partial charge in [0.1, 0.15) is 5.75 Å². The van der Waals surface area contributed by atoms with Crippen molar-refractivity contribution in [3.63, 3.8) is 0 Å². The minimum absolute atomic E-state index is 0.342. The fourth-order valence-electron chi connectivity index (χ4n) is 2.73. The van der Waals surface area contributed by atoms with E-state index in [9.17, 15) is 0 Å². The summed E-state index contributed by atoms with van der Waals surface area (Å²) in [6, 6.07) is 19.3. The van der Waals surface area contributed by atoms with Crippen LogP contribution in [0.3, 0.4) is 0 Å². The minimum Gasteiger partial charge on any atom is -0.497 e. The molecule has 0 heterocycles. The predicted molar refractivity (Wildman–Crippen MR) is 87.1 cm³/mol. The van der Waals surface area contributed by atoms with E-state index in [0.717, 1.165) is 18.6 Å². The Labute approximate surface area is 126 Å². The fraction of sp³-hybridized carbons (Fsp3) is 0.263. The molecular formula is C19H21NO. The summed E-state index contributed by atoms with van der Waals surface area (Å²) in [6.07, 6.45) is 2.29. The van der Waals surface area contributed by atoms with Gasteiger partial charge in [-0.2, -0.15) is 0 Å². The van der Waals surface area contributed by atoms with E-state index in [1.54, 1.807) is 7.11 Å². The average molecular weight is 279 g/mol. The average Bonchev–Trinajstić information content (AvgIpc) is 2.53. The normalized spacial score (nSPS) is 15.3. The lowest BCUT2D eigenvalue weighted by Gasteiger charge is -2.29. The molecule has 0 radical (unpaired) electrons. The van der Waals surface area contributed by atoms with E-state index in [1.165, 1.54) is 22.4 Å². The zero-order chi connectivity index (χ0) is 14.7. The molecule has 2 aromatic carbocycles. The Morgan fingerprint density at radius 3 is 2.24 bits per heavy atom. The van der Waals surface area contributed by atoms with Crippen LogP contribution in [0.15, 0.2) is 60.3 Å². The van der Waals surface area contributed by atoms with Crippen molar-refractivity contribution in [3.05, 3.63) is 71.4 Å². The van der Waals surface area contributed by atoms with Gasteiger partial charge in [-0.25, -0.2) is 0 Å². The van der Waals surface area contributed by atoms with Gasteiger partial charge in [-0.15, -0.1) is 0 Å². The lowest BCUT2D eigenvalue weighted by molar-refractivity contribution is 0.414. The smallest absolute Gasteiger partial charge is 0.118 e. The molecule has 0 saturated heterocycles. The van der Waals surface area contributed by atoms with Crippen LogP contribution in [0.25, 0.3) is 5.57 Å². The third-order valence-corrected chi connectivity index (χ3v) is 4.12. The molecule has 0 fully saturated rings. The molecule has 1 aliphatic carbocycles. The van der Waals surface area contributed by atoms with Crippen molar-refractivity contribution < 1.29 is 4.74 Å². The number of rotatable bonds is 5. The van der Waals surface area contributed by atoms with Crippen molar-refractivity contribution in [2.45, 2.75) is 25.8 Å². The molecule has 0 spiro atoms. The second kappa shape index (κ2) is 6.04. The molecule has 2 nitrogen and oxygen atoms in total. The molecule has 0 bridgehead atoms. The molecule has 0 amide bonds. The van der Waals surface area contributed by atoms with Crippen LogP contribution in [0.5, 0.6) is 5.75 Å². The van der Waals surface area contributed by atoms with Crippen LogP contribution >= 0.6 is 0 Å². The van der Waals surface area contributed by atoms with Gasteiger partial charge in [0.2, 0.25) is 0 Å². The summed E-state index contributed by atoms with van der Waals surface area (Å²) in [6.45, 7) is 2.21. The van der Waals surface area contributed by atoms with E-state index < -0.39 is 0 Å². The van der Waals surface area contributed by atoms with E-state index in [2.05, 4.69) is 54.7 Å². The first kappa shape index (κ1) is 13.7. The van der Waals surface area contributed by atoms with Crippen molar-refractivity contribution in [2.75, 3.05) is 7.11 Å². The highest BCUT2D eigenvalue weighted by atomic mass is 16.5. The Morgan fingerprint density at radius 1 is 0.952 bits per heavy atom. The third-order valence-electron chi connectivity index (χ3n) is 4.12. The largest absolute Gasteiger partial charge is 0.497 e. The van der Waals surface area contributed by atoms with Gasteiger partial charge in [0.25, 0.3) is 0 Å². The summed E-state index contributed by atoms with van der Waals surface area (Å²) in [5.74, 6) is 0.908. The zero-order valence-corrected chi connectivity index (χ0v) is 12.6. The Morgan fingerprint density at radius 2 is 1.67 bits per heavy atom. The quantitative estimate of drug-likeness (QED) is 0.867. The van der Waals surface area contributed by atoms with Crippen LogP contribution in [0.2, 0.25) is 0 Å². The van der Waals surface area contributed by atoms with E-state index in [0.29, 0.717) is 6.04 Å². The molecule has 108 valence electrons. The summed E-state index contributed by atoms with van der Waals surface area (Å²) >= 11 is 0. The van der Waals surface area contributed by atoms with E-state index in [1.807, 2.05) is 12.1 Å². The molecule has 2 heteroatoms. The molecule has 3 rings (SSSR count). The standard InChI is InChI=1S/C19H21NO/c1-14(15-6-4-3-5-7-15)20-19-13-12-18(19)16-8-10-17(21-2)11-9-16/h3-11,14,20H,12-13H2,1-2H3/t14-/m1/s1. The van der Waals surface area contributed by atoms with Crippen LogP contribution in [-0.2, 0) is 0 Å². The van der Waals surface area contributed by atoms with Crippen molar-refractivity contribution in [2.24, 2.45) is 0 Å². The Hall–Kier alpha value is -2.22. The molecule has 0 unspecified atom stereocenters. The van der Waals surface area contributed by atoms with Gasteiger partial charge >= 0.3 is 0 Å². The van der Waals surface area contributed by atoms with Crippen LogP contribution < -0.4 is 10.1 Å². The number of allylic oxidation sites excluding steroid dienone is 2. The first-order valence-corrected chi connectivity index (χ1v) is 7.46. The maximum absolute atomic E-state index is 5.22. The van der Waals surface area contributed by atoms with Crippen LogP contribution in [0, 0.1) is 0 Å². The highest BCUT2D eigenvalue weighted by Crippen LogP contribution is 2.36. The summed E-state index contributed by atoms with van der Waals surface area (Å²) in [5, 5.41) is 3.66. The number of ether oxygens (including phenoxy) is 1. The summed E-state index contributed by atoms with van der Waals surface area (Å²) in [5.41, 5.74) is 5.42. The van der Waals surface area contributed by atoms with Gasteiger partial charge in [0, 0.05) is 11.7 Å². The van der Waals surface area contributed by atoms with Gasteiger partial charge < -0.3 is 10.1 Å². The fourth-order valence-corrected chi connectivity index (χ4v) is 2.73. The lowest BCUT2D eigenvalue weighted by Crippen LogP contribution is -2.23. The second-order valence-corrected chi connectivity index (χ2v) is 5.46. The molecule has 1 N–H and O–H groups in total. The number of benzene rings is 2. The number of hydrogen-bond acceptors (Lipinski definition) is 2. The van der Waals surface area contributed by atoms with Crippen molar-refractivity contribution in [1.82, 2.24) is 5.32 Å². The lowest BCUT2D eigenvalue weighted by atomic mass is 9.87. The van der Waals surface area contributed by atoms with Gasteiger partial charge in [0.15, 0.2) is 0 Å². The Balaban J connectivity index is 1.75. The molecule has 1 aliphatic rings. The van der Waals surface area contributed by atoms with Gasteiger partial charge in [0.05, 0.1) is 7.11 Å². The SMILES string of the molecule is COc1ccc(C2=C(N[C@H](C)c3ccccc3)CC2)cc1. The molecular weight excluding hydrogens is 258 g/mol. The molecule has 1 atom stereocenters. The maximum Gasteiger partial charge on any atom is 0.118 e. The Bertz CT molecular complexity index is 628. The number of nitrogens with one attached hydrogen (secondary N) is 1. The van der Waals surface area contributed by atoms with Gasteiger partial charge in [-0.3, -0.25) is 0 Å². The molecule has 0 aromatic heterocycles. The number of methoxy groups -OCH3 is 1. The van der Waals surface area contributed by atoms with Crippen LogP contribution in [0.1, 0.15) is 36.9 Å². The monoisotopic (exact) mass is 279 g/mol. The van der Waals surface area contributed by atoms with E-state index in [4.69, 9.17) is 4.74 Å². The summed E-state index contributed by atoms with van der Waals surface area (Å²) in [7, 11) is 1.70. The first-order chi connectivity index (χ1) is 10.3. The third kappa shape index (κ3) is 2.94. The van der Waals surface area contributed by atoms with Crippen molar-refractivity contribution in [1.29, 1.82) is 0 Å². The van der Waals surface area contributed by atoms with Gasteiger partial charge in [-0.05, 0) is 48.6 Å². The highest BCUT2D eigenvalue weighted by Gasteiger charge is 2.20. The maximum atomic E-state index is 5.22. The van der Waals surface area contributed by atoms with E-state index in [-0.39, 0.29) is 0 Å². The van der Waals surface area contributed by atoms with Crippen LogP contribution in [0.4, 0.5) is 0 Å². The van der Waals surface area contributed by atoms with Crippen molar-refractivity contribution in [3.8, 4) is 5.75 Å². The van der Waals surface area contributed by atoms with E-state index >= 15 is 0 Å². The summed E-state index contributed by atoms with van der Waals surface area (Å²) in [4.78, 5) is 0. The predicted octanol–water partition coefficient (Wildman–Crippen LogP) is 4.55. The van der Waals surface area contributed by atoms with Crippen molar-refractivity contribution >= 4 is 5.57 Å². The minimum atomic E-state index is 0.342. The second-order valence-electron chi connectivity index (χ2n) is 5.46. The molecule has 2 aromatic rings. The Kier molecular flexibility index (Phi) is 3.96. The summed E-state index contributed by atoms with van der Waals surface area (Å²) < 4.78 is 5.22. The first-order valence-electron chi connectivity index (χ1n) is 7.46. The molecule has 0 saturated carbocycles. The topological polar surface area (TPSA) is 21.3 Å².